The quantitative estimate of drug-likeness (QED) is 0.370. The van der Waals surface area contributed by atoms with Crippen molar-refractivity contribution in [3.63, 3.8) is 0 Å². The Morgan fingerprint density at radius 3 is 2.23 bits per heavy atom. The van der Waals surface area contributed by atoms with Crippen molar-refractivity contribution >= 4 is 34.2 Å². The van der Waals surface area contributed by atoms with Gasteiger partial charge in [-0.2, -0.15) is 0 Å². The Morgan fingerprint density at radius 1 is 1.23 bits per heavy atom. The second-order valence-corrected chi connectivity index (χ2v) is 6.30. The summed E-state index contributed by atoms with van der Waals surface area (Å²) in [6.07, 6.45) is 0.949. The van der Waals surface area contributed by atoms with E-state index >= 15 is 0 Å². The Morgan fingerprint density at radius 2 is 1.77 bits per heavy atom. The monoisotopic (exact) mass is 327 g/mol. The molecule has 1 heterocycles. The van der Waals surface area contributed by atoms with E-state index < -0.39 is 29.1 Å². The molecule has 0 aliphatic heterocycles. The Hall–Kier alpha value is -2.35. The van der Waals surface area contributed by atoms with Crippen LogP contribution in [-0.2, 0) is 14.3 Å². The third-order valence-electron chi connectivity index (χ3n) is 2.37. The summed E-state index contributed by atoms with van der Waals surface area (Å²) in [6.45, 7) is 5.19. The first kappa shape index (κ1) is 17.7. The van der Waals surface area contributed by atoms with Gasteiger partial charge in [0, 0.05) is 13.2 Å². The molecule has 0 amide bonds. The van der Waals surface area contributed by atoms with Crippen molar-refractivity contribution in [1.82, 2.24) is 0 Å². The number of thiophene rings is 1. The maximum atomic E-state index is 12.1. The molecule has 8 heteroatoms. The summed E-state index contributed by atoms with van der Waals surface area (Å²) in [6, 6.07) is 1.54. The van der Waals surface area contributed by atoms with Gasteiger partial charge in [-0.15, -0.1) is 11.3 Å². The van der Waals surface area contributed by atoms with Crippen LogP contribution in [0.4, 0.5) is 5.00 Å². The maximum Gasteiger partial charge on any atom is 0.344 e. The van der Waals surface area contributed by atoms with Crippen LogP contribution in [0.25, 0.3) is 0 Å². The van der Waals surface area contributed by atoms with E-state index in [2.05, 4.69) is 0 Å². The third kappa shape index (κ3) is 4.59. The van der Waals surface area contributed by atoms with Crippen molar-refractivity contribution in [3.05, 3.63) is 28.8 Å². The Bertz CT molecular complexity index is 610. The van der Waals surface area contributed by atoms with Gasteiger partial charge in [-0.25, -0.2) is 14.4 Å². The zero-order valence-electron chi connectivity index (χ0n) is 12.6. The van der Waals surface area contributed by atoms with Crippen LogP contribution in [-0.4, -0.2) is 40.8 Å². The molecule has 0 bridgehead atoms. The van der Waals surface area contributed by atoms with Crippen LogP contribution in [0.1, 0.15) is 31.1 Å². The van der Waals surface area contributed by atoms with E-state index in [-0.39, 0.29) is 5.56 Å². The lowest BCUT2D eigenvalue weighted by Gasteiger charge is -2.21. The summed E-state index contributed by atoms with van der Waals surface area (Å²) in [5.41, 5.74) is -1.22. The molecule has 1 rings (SSSR count). The van der Waals surface area contributed by atoms with Gasteiger partial charge in [0.1, 0.15) is 10.6 Å². The SMILES string of the molecule is CN(C=C(C(=O)O)C(=O)O)c1sccc1C(=O)OC(C)(C)C. The van der Waals surface area contributed by atoms with E-state index in [0.29, 0.717) is 5.00 Å². The van der Waals surface area contributed by atoms with Gasteiger partial charge in [-0.3, -0.25) is 0 Å². The average molecular weight is 327 g/mol. The van der Waals surface area contributed by atoms with Crippen LogP contribution in [0.5, 0.6) is 0 Å². The first-order chi connectivity index (χ1) is 10.0. The molecule has 0 aliphatic rings. The predicted molar refractivity (Wildman–Crippen MR) is 81.2 cm³/mol. The molecule has 0 atom stereocenters. The van der Waals surface area contributed by atoms with Gasteiger partial charge in [-0.05, 0) is 32.2 Å². The molecule has 0 saturated heterocycles. The highest BCUT2D eigenvalue weighted by Gasteiger charge is 2.24. The van der Waals surface area contributed by atoms with Gasteiger partial charge in [0.05, 0.1) is 5.56 Å². The zero-order chi connectivity index (χ0) is 17.1. The summed E-state index contributed by atoms with van der Waals surface area (Å²) >= 11 is 1.17. The Labute approximate surface area is 131 Å². The van der Waals surface area contributed by atoms with E-state index in [1.807, 2.05) is 0 Å². The number of hydrogen-bond acceptors (Lipinski definition) is 6. The number of carboxylic acid groups (broad SMARTS) is 2. The van der Waals surface area contributed by atoms with Crippen molar-refractivity contribution in [2.24, 2.45) is 0 Å². The molecule has 7 nitrogen and oxygen atoms in total. The molecule has 0 spiro atoms. The molecule has 0 aromatic carbocycles. The van der Waals surface area contributed by atoms with E-state index in [0.717, 1.165) is 6.20 Å². The molecule has 0 fully saturated rings. The lowest BCUT2D eigenvalue weighted by Crippen LogP contribution is -2.25. The third-order valence-corrected chi connectivity index (χ3v) is 3.37. The lowest BCUT2D eigenvalue weighted by atomic mass is 10.2. The minimum Gasteiger partial charge on any atom is -0.477 e. The minimum absolute atomic E-state index is 0.244. The number of hydrogen-bond donors (Lipinski definition) is 2. The topological polar surface area (TPSA) is 104 Å². The Balaban J connectivity index is 3.11. The number of nitrogens with zero attached hydrogens (tertiary/aromatic N) is 1. The molecule has 0 aliphatic carbocycles. The van der Waals surface area contributed by atoms with E-state index in [1.54, 1.807) is 32.2 Å². The fraction of sp³-hybridized carbons (Fsp3) is 0.357. The van der Waals surface area contributed by atoms with E-state index in [1.165, 1.54) is 23.3 Å². The van der Waals surface area contributed by atoms with Gasteiger partial charge in [-0.1, -0.05) is 0 Å². The highest BCUT2D eigenvalue weighted by Crippen LogP contribution is 2.29. The summed E-state index contributed by atoms with van der Waals surface area (Å²) in [4.78, 5) is 35.2. The molecular weight excluding hydrogens is 310 g/mol. The fourth-order valence-corrected chi connectivity index (χ4v) is 2.35. The molecule has 120 valence electrons. The standard InChI is InChI=1S/C14H17NO6S/c1-14(2,3)21-13(20)8-5-6-22-10(8)15(4)7-9(11(16)17)12(18)19/h5-7H,1-4H3,(H,16,17)(H,18,19). The van der Waals surface area contributed by atoms with Crippen LogP contribution in [0.3, 0.4) is 0 Å². The number of ether oxygens (including phenoxy) is 1. The minimum atomic E-state index is -1.56. The number of rotatable bonds is 5. The normalized spacial score (nSPS) is 10.7. The van der Waals surface area contributed by atoms with Crippen molar-refractivity contribution in [1.29, 1.82) is 0 Å². The van der Waals surface area contributed by atoms with Gasteiger partial charge in [0.15, 0.2) is 5.57 Å². The highest BCUT2D eigenvalue weighted by molar-refractivity contribution is 7.14. The largest absolute Gasteiger partial charge is 0.477 e. The summed E-state index contributed by atoms with van der Waals surface area (Å²) in [7, 11) is 1.46. The predicted octanol–water partition coefficient (Wildman–Crippen LogP) is 2.19. The molecule has 1 aromatic rings. The molecular formula is C14H17NO6S. The molecule has 22 heavy (non-hydrogen) atoms. The molecule has 0 radical (unpaired) electrons. The number of aliphatic carboxylic acids is 2. The van der Waals surface area contributed by atoms with Crippen LogP contribution < -0.4 is 4.90 Å². The average Bonchev–Trinajstić information content (AvgIpc) is 2.81. The molecule has 1 aromatic heterocycles. The first-order valence-electron chi connectivity index (χ1n) is 6.25. The van der Waals surface area contributed by atoms with Gasteiger partial charge >= 0.3 is 17.9 Å². The van der Waals surface area contributed by atoms with Crippen molar-refractivity contribution in [2.75, 3.05) is 11.9 Å². The van der Waals surface area contributed by atoms with Crippen LogP contribution in [0.15, 0.2) is 23.2 Å². The second-order valence-electron chi connectivity index (χ2n) is 5.41. The lowest BCUT2D eigenvalue weighted by molar-refractivity contribution is -0.140. The molecule has 2 N–H and O–H groups in total. The zero-order valence-corrected chi connectivity index (χ0v) is 13.4. The molecule has 0 unspecified atom stereocenters. The van der Waals surface area contributed by atoms with Crippen LogP contribution >= 0.6 is 11.3 Å². The molecule has 0 saturated carbocycles. The number of carbonyl (C=O) groups excluding carboxylic acids is 1. The van der Waals surface area contributed by atoms with E-state index in [9.17, 15) is 14.4 Å². The van der Waals surface area contributed by atoms with Gasteiger partial charge in [0.25, 0.3) is 0 Å². The number of carboxylic acids is 2. The van der Waals surface area contributed by atoms with Crippen molar-refractivity contribution in [2.45, 2.75) is 26.4 Å². The van der Waals surface area contributed by atoms with Crippen LogP contribution in [0, 0.1) is 0 Å². The van der Waals surface area contributed by atoms with Crippen LogP contribution in [0.2, 0.25) is 0 Å². The van der Waals surface area contributed by atoms with Gasteiger partial charge in [0.2, 0.25) is 0 Å². The number of carbonyl (C=O) groups is 3. The summed E-state index contributed by atoms with van der Waals surface area (Å²) in [5.74, 6) is -3.68. The second kappa shape index (κ2) is 6.61. The maximum absolute atomic E-state index is 12.1. The number of anilines is 1. The smallest absolute Gasteiger partial charge is 0.344 e. The number of esters is 1. The van der Waals surface area contributed by atoms with Crippen molar-refractivity contribution in [3.8, 4) is 0 Å². The summed E-state index contributed by atoms with van der Waals surface area (Å²) < 4.78 is 5.26. The van der Waals surface area contributed by atoms with E-state index in [4.69, 9.17) is 14.9 Å². The first-order valence-corrected chi connectivity index (χ1v) is 7.13. The van der Waals surface area contributed by atoms with Crippen molar-refractivity contribution < 1.29 is 29.3 Å². The highest BCUT2D eigenvalue weighted by atomic mass is 32.1. The Kier molecular flexibility index (Phi) is 5.32. The fourth-order valence-electron chi connectivity index (χ4n) is 1.52. The van der Waals surface area contributed by atoms with Gasteiger partial charge < -0.3 is 19.8 Å². The summed E-state index contributed by atoms with van der Waals surface area (Å²) in [5, 5.41) is 19.8.